The SMILES string of the molecule is Cc1cccc2oc3cc(N(c4ccc(C5CCCCC5)cc4)c4ccc5c(c4)[C@]4(CCc6ccc(N(c7ccccc7)c7ccccc7)cc64)CC5)ccc3c12. The zero-order valence-corrected chi connectivity index (χ0v) is 32.8. The van der Waals surface area contributed by atoms with Crippen molar-refractivity contribution in [3.8, 4) is 0 Å². The van der Waals surface area contributed by atoms with Gasteiger partial charge in [0.1, 0.15) is 11.2 Å². The first-order chi connectivity index (χ1) is 28.1. The molecule has 0 aliphatic heterocycles. The van der Waals surface area contributed by atoms with Crippen LogP contribution in [0, 0.1) is 6.92 Å². The first-order valence-electron chi connectivity index (χ1n) is 21.1. The second kappa shape index (κ2) is 13.8. The summed E-state index contributed by atoms with van der Waals surface area (Å²) in [6.45, 7) is 2.18. The molecule has 0 amide bonds. The van der Waals surface area contributed by atoms with Gasteiger partial charge in [-0.3, -0.25) is 0 Å². The molecule has 1 saturated carbocycles. The van der Waals surface area contributed by atoms with Crippen molar-refractivity contribution in [1.82, 2.24) is 0 Å². The molecule has 3 heteroatoms. The Morgan fingerprint density at radius 3 is 1.67 bits per heavy atom. The van der Waals surface area contributed by atoms with Crippen LogP contribution < -0.4 is 9.80 Å². The van der Waals surface area contributed by atoms with Crippen LogP contribution in [0.1, 0.15) is 84.2 Å². The van der Waals surface area contributed by atoms with Crippen LogP contribution in [0.15, 0.2) is 162 Å². The van der Waals surface area contributed by atoms with Crippen LogP contribution in [-0.4, -0.2) is 0 Å². The van der Waals surface area contributed by atoms with E-state index in [4.69, 9.17) is 4.42 Å². The molecule has 0 unspecified atom stereocenters. The summed E-state index contributed by atoms with van der Waals surface area (Å²) >= 11 is 0. The van der Waals surface area contributed by atoms with Gasteiger partial charge in [-0.1, -0.05) is 92.1 Å². The van der Waals surface area contributed by atoms with Crippen molar-refractivity contribution in [1.29, 1.82) is 0 Å². The van der Waals surface area contributed by atoms with Crippen molar-refractivity contribution in [3.63, 3.8) is 0 Å². The van der Waals surface area contributed by atoms with Gasteiger partial charge in [-0.05, 0) is 164 Å². The fraction of sp³-hybridized carbons (Fsp3) is 0.222. The lowest BCUT2D eigenvalue weighted by atomic mass is 9.76. The second-order valence-electron chi connectivity index (χ2n) is 16.8. The maximum atomic E-state index is 6.55. The number of benzene rings is 7. The van der Waals surface area contributed by atoms with E-state index in [-0.39, 0.29) is 5.41 Å². The van der Waals surface area contributed by atoms with E-state index in [0.29, 0.717) is 5.92 Å². The Labute approximate surface area is 336 Å². The van der Waals surface area contributed by atoms with Gasteiger partial charge in [0.2, 0.25) is 0 Å². The van der Waals surface area contributed by atoms with Gasteiger partial charge in [0.05, 0.1) is 0 Å². The highest BCUT2D eigenvalue weighted by Gasteiger charge is 2.45. The Balaban J connectivity index is 1.03. The quantitative estimate of drug-likeness (QED) is 0.162. The minimum atomic E-state index is -0.0214. The number of furan rings is 1. The van der Waals surface area contributed by atoms with E-state index in [1.165, 1.54) is 105 Å². The Bertz CT molecular complexity index is 2700. The largest absolute Gasteiger partial charge is 0.456 e. The van der Waals surface area contributed by atoms with Crippen molar-refractivity contribution in [2.24, 2.45) is 0 Å². The summed E-state index contributed by atoms with van der Waals surface area (Å²) in [5, 5.41) is 2.38. The first kappa shape index (κ1) is 34.2. The third kappa shape index (κ3) is 5.78. The summed E-state index contributed by atoms with van der Waals surface area (Å²) in [7, 11) is 0. The molecule has 11 rings (SSSR count). The number of aryl methyl sites for hydroxylation is 3. The van der Waals surface area contributed by atoms with Gasteiger partial charge in [0.15, 0.2) is 0 Å². The second-order valence-corrected chi connectivity index (χ2v) is 16.8. The maximum Gasteiger partial charge on any atom is 0.137 e. The van der Waals surface area contributed by atoms with Crippen LogP contribution in [0.25, 0.3) is 21.9 Å². The summed E-state index contributed by atoms with van der Waals surface area (Å²) in [6, 6.07) is 58.9. The Morgan fingerprint density at radius 2 is 1.04 bits per heavy atom. The molecular formula is C54H48N2O. The van der Waals surface area contributed by atoms with E-state index in [2.05, 4.69) is 174 Å². The lowest BCUT2D eigenvalue weighted by Gasteiger charge is -2.31. The minimum Gasteiger partial charge on any atom is -0.456 e. The topological polar surface area (TPSA) is 19.6 Å². The molecule has 7 aromatic carbocycles. The molecule has 3 aliphatic carbocycles. The fourth-order valence-electron chi connectivity index (χ4n) is 10.7. The number of hydrogen-bond donors (Lipinski definition) is 0. The van der Waals surface area contributed by atoms with Crippen LogP contribution in [0.3, 0.4) is 0 Å². The van der Waals surface area contributed by atoms with Crippen molar-refractivity contribution in [2.45, 2.75) is 76.0 Å². The monoisotopic (exact) mass is 740 g/mol. The average molecular weight is 741 g/mol. The number of anilines is 6. The van der Waals surface area contributed by atoms with Crippen LogP contribution >= 0.6 is 0 Å². The minimum absolute atomic E-state index is 0.0214. The van der Waals surface area contributed by atoms with E-state index in [1.807, 2.05) is 0 Å². The Morgan fingerprint density at radius 1 is 0.491 bits per heavy atom. The van der Waals surface area contributed by atoms with E-state index < -0.39 is 0 Å². The molecule has 0 N–H and O–H groups in total. The van der Waals surface area contributed by atoms with Gasteiger partial charge >= 0.3 is 0 Å². The number of nitrogens with zero attached hydrogens (tertiary/aromatic N) is 2. The Kier molecular flexibility index (Phi) is 8.31. The molecular weight excluding hydrogens is 693 g/mol. The molecule has 0 saturated heterocycles. The summed E-state index contributed by atoms with van der Waals surface area (Å²) in [5.74, 6) is 0.670. The van der Waals surface area contributed by atoms with E-state index in [9.17, 15) is 0 Å². The molecule has 280 valence electrons. The molecule has 3 nitrogen and oxygen atoms in total. The van der Waals surface area contributed by atoms with Crippen molar-refractivity contribution in [3.05, 3.63) is 191 Å². The van der Waals surface area contributed by atoms with Crippen LogP contribution in [-0.2, 0) is 18.3 Å². The van der Waals surface area contributed by atoms with Crippen LogP contribution in [0.2, 0.25) is 0 Å². The van der Waals surface area contributed by atoms with Crippen LogP contribution in [0.4, 0.5) is 34.1 Å². The average Bonchev–Trinajstić information content (AvgIpc) is 3.96. The molecule has 57 heavy (non-hydrogen) atoms. The highest BCUT2D eigenvalue weighted by molar-refractivity contribution is 6.07. The number of fused-ring (bicyclic) bond motifs is 7. The van der Waals surface area contributed by atoms with Gasteiger partial charge in [-0.15, -0.1) is 0 Å². The zero-order valence-electron chi connectivity index (χ0n) is 32.8. The molecule has 1 heterocycles. The fourth-order valence-corrected chi connectivity index (χ4v) is 10.7. The van der Waals surface area contributed by atoms with Gasteiger partial charge in [-0.25, -0.2) is 0 Å². The van der Waals surface area contributed by atoms with Crippen molar-refractivity contribution in [2.75, 3.05) is 9.80 Å². The molecule has 1 aromatic heterocycles. The van der Waals surface area contributed by atoms with Crippen LogP contribution in [0.5, 0.6) is 0 Å². The van der Waals surface area contributed by atoms with Crippen molar-refractivity contribution >= 4 is 56.1 Å². The van der Waals surface area contributed by atoms with E-state index >= 15 is 0 Å². The lowest BCUT2D eigenvalue weighted by molar-refractivity contribution is 0.443. The van der Waals surface area contributed by atoms with E-state index in [1.54, 1.807) is 0 Å². The number of hydrogen-bond acceptors (Lipinski definition) is 3. The van der Waals surface area contributed by atoms with Gasteiger partial charge in [-0.2, -0.15) is 0 Å². The van der Waals surface area contributed by atoms with Crippen molar-refractivity contribution < 1.29 is 4.42 Å². The van der Waals surface area contributed by atoms with Gasteiger partial charge in [0, 0.05) is 56.4 Å². The standard InChI is InChI=1S/C54H48N2O/c1-37-12-11-19-51-53(37)48-29-28-47(36-52(48)57-51)56(44-24-20-39(21-25-44)38-13-5-2-6-14-38)46-27-23-41-31-33-54(50(41)35-46)32-30-40-22-26-45(34-49(40)54)55(42-15-7-3-8-16-42)43-17-9-4-10-18-43/h3-4,7-12,15-29,34-36,38H,2,5-6,13-14,30-33H2,1H3/t54-/m1/s1. The number of rotatable bonds is 7. The molecule has 1 fully saturated rings. The molecule has 3 aliphatic rings. The predicted octanol–water partition coefficient (Wildman–Crippen LogP) is 15.1. The van der Waals surface area contributed by atoms with Gasteiger partial charge < -0.3 is 14.2 Å². The third-order valence-corrected chi connectivity index (χ3v) is 13.6. The lowest BCUT2D eigenvalue weighted by Crippen LogP contribution is -2.22. The maximum absolute atomic E-state index is 6.55. The molecule has 8 aromatic rings. The van der Waals surface area contributed by atoms with Gasteiger partial charge in [0.25, 0.3) is 0 Å². The zero-order chi connectivity index (χ0) is 37.9. The predicted molar refractivity (Wildman–Crippen MR) is 238 cm³/mol. The normalized spacial score (nSPS) is 17.6. The summed E-state index contributed by atoms with van der Waals surface area (Å²) in [5.41, 5.74) is 17.6. The smallest absolute Gasteiger partial charge is 0.137 e. The molecule has 0 radical (unpaired) electrons. The number of para-hydroxylation sites is 2. The first-order valence-corrected chi connectivity index (χ1v) is 21.1. The molecule has 1 spiro atoms. The summed E-state index contributed by atoms with van der Waals surface area (Å²) in [4.78, 5) is 4.88. The highest BCUT2D eigenvalue weighted by Crippen LogP contribution is 2.55. The highest BCUT2D eigenvalue weighted by atomic mass is 16.3. The summed E-state index contributed by atoms with van der Waals surface area (Å²) in [6.07, 6.45) is 11.1. The molecule has 0 bridgehead atoms. The van der Waals surface area contributed by atoms with E-state index in [0.717, 1.165) is 42.5 Å². The third-order valence-electron chi connectivity index (χ3n) is 13.6. The Hall–Kier alpha value is -6.06. The summed E-state index contributed by atoms with van der Waals surface area (Å²) < 4.78 is 6.55. The molecule has 1 atom stereocenters.